The number of carboxylic acid groups (broad SMARTS) is 1. The molecule has 4 nitrogen and oxygen atoms in total. The highest BCUT2D eigenvalue weighted by Gasteiger charge is 2.07. The van der Waals surface area contributed by atoms with Crippen molar-refractivity contribution in [2.45, 2.75) is 38.2 Å². The first-order chi connectivity index (χ1) is 7.66. The molecule has 0 aliphatic rings. The van der Waals surface area contributed by atoms with Crippen LogP contribution in [0.4, 0.5) is 0 Å². The zero-order chi connectivity index (χ0) is 12.2. The lowest BCUT2D eigenvalue weighted by atomic mass is 10.2. The lowest BCUT2D eigenvalue weighted by Gasteiger charge is -2.09. The first-order valence-corrected chi connectivity index (χ1v) is 7.15. The largest absolute Gasteiger partial charge is 0.481 e. The van der Waals surface area contributed by atoms with Crippen molar-refractivity contribution in [3.63, 3.8) is 0 Å². The van der Waals surface area contributed by atoms with Crippen LogP contribution in [0.3, 0.4) is 0 Å². The Morgan fingerprint density at radius 1 is 1.31 bits per heavy atom. The second kappa shape index (κ2) is 11.2. The maximum atomic E-state index is 10.3. The summed E-state index contributed by atoms with van der Waals surface area (Å²) in [4.78, 5) is 10.3. The molecule has 1 atom stereocenters. The van der Waals surface area contributed by atoms with Crippen molar-refractivity contribution < 1.29 is 15.0 Å². The van der Waals surface area contributed by atoms with Crippen molar-refractivity contribution in [3.8, 4) is 0 Å². The summed E-state index contributed by atoms with van der Waals surface area (Å²) in [5.74, 6) is 0.274. The van der Waals surface area contributed by atoms with Gasteiger partial charge in [0.1, 0.15) is 0 Å². The molecular weight excluding hydrogens is 226 g/mol. The molecule has 0 spiro atoms. The van der Waals surface area contributed by atoms with Gasteiger partial charge in [-0.05, 0) is 31.4 Å². The van der Waals surface area contributed by atoms with E-state index in [4.69, 9.17) is 5.11 Å². The van der Waals surface area contributed by atoms with Gasteiger partial charge in [-0.1, -0.05) is 12.8 Å². The maximum absolute atomic E-state index is 10.3. The van der Waals surface area contributed by atoms with Crippen LogP contribution in [0, 0.1) is 0 Å². The smallest absolute Gasteiger partial charge is 0.306 e. The predicted octanol–water partition coefficient (Wildman–Crippen LogP) is 1.33. The fourth-order valence-electron chi connectivity index (χ4n) is 1.39. The van der Waals surface area contributed by atoms with Crippen molar-refractivity contribution in [1.29, 1.82) is 0 Å². The molecule has 0 amide bonds. The van der Waals surface area contributed by atoms with Gasteiger partial charge in [-0.15, -0.1) is 0 Å². The topological polar surface area (TPSA) is 69.6 Å². The summed E-state index contributed by atoms with van der Waals surface area (Å²) in [5.41, 5.74) is 0. The van der Waals surface area contributed by atoms with Crippen molar-refractivity contribution >= 4 is 17.7 Å². The summed E-state index contributed by atoms with van der Waals surface area (Å²) in [6.45, 7) is 1.23. The van der Waals surface area contributed by atoms with Crippen LogP contribution >= 0.6 is 11.8 Å². The van der Waals surface area contributed by atoms with Gasteiger partial charge in [0.25, 0.3) is 0 Å². The summed E-state index contributed by atoms with van der Waals surface area (Å²) >= 11 is 1.88. The number of rotatable bonds is 11. The summed E-state index contributed by atoms with van der Waals surface area (Å²) < 4.78 is 0. The summed E-state index contributed by atoms with van der Waals surface area (Å²) in [5, 5.41) is 20.7. The van der Waals surface area contributed by atoms with Gasteiger partial charge in [-0.3, -0.25) is 4.79 Å². The monoisotopic (exact) mass is 249 g/mol. The normalized spacial score (nSPS) is 12.6. The molecule has 0 saturated carbocycles. The van der Waals surface area contributed by atoms with Crippen LogP contribution in [0.5, 0.6) is 0 Å². The lowest BCUT2D eigenvalue weighted by molar-refractivity contribution is -0.139. The minimum absolute atomic E-state index is 0.180. The minimum atomic E-state index is -0.952. The van der Waals surface area contributed by atoms with Crippen LogP contribution in [0.25, 0.3) is 0 Å². The Bertz CT molecular complexity index is 179. The molecule has 1 unspecified atom stereocenters. The van der Waals surface area contributed by atoms with Crippen molar-refractivity contribution in [2.75, 3.05) is 25.1 Å². The number of nitrogens with one attached hydrogen (secondary N) is 1. The highest BCUT2D eigenvalue weighted by atomic mass is 32.2. The molecule has 0 aromatic heterocycles. The van der Waals surface area contributed by atoms with Crippen LogP contribution in [0.1, 0.15) is 32.1 Å². The summed E-state index contributed by atoms with van der Waals surface area (Å²) in [6, 6.07) is 0. The Balaban J connectivity index is 3.11. The average Bonchev–Trinajstić information content (AvgIpc) is 2.21. The molecule has 0 fully saturated rings. The van der Waals surface area contributed by atoms with Crippen LogP contribution in [-0.4, -0.2) is 47.4 Å². The molecule has 0 aromatic rings. The van der Waals surface area contributed by atoms with E-state index in [9.17, 15) is 9.90 Å². The molecule has 0 rings (SSSR count). The van der Waals surface area contributed by atoms with E-state index in [0.717, 1.165) is 13.0 Å². The molecule has 0 bridgehead atoms. The third kappa shape index (κ3) is 11.8. The molecule has 0 heterocycles. The fourth-order valence-corrected chi connectivity index (χ4v) is 1.89. The zero-order valence-electron chi connectivity index (χ0n) is 9.95. The second-order valence-corrected chi connectivity index (χ2v) is 4.85. The molecule has 0 aliphatic heterocycles. The summed E-state index contributed by atoms with van der Waals surface area (Å²) in [6.07, 6.45) is 5.97. The number of aliphatic hydroxyl groups excluding tert-OH is 1. The third-order valence-electron chi connectivity index (χ3n) is 2.24. The zero-order valence-corrected chi connectivity index (χ0v) is 10.8. The SMILES string of the molecule is CSCCCCCCNCC(O)CC(=O)O. The van der Waals surface area contributed by atoms with Gasteiger partial charge >= 0.3 is 5.97 Å². The van der Waals surface area contributed by atoms with Gasteiger partial charge in [-0.2, -0.15) is 11.8 Å². The quantitative estimate of drug-likeness (QED) is 0.482. The van der Waals surface area contributed by atoms with E-state index >= 15 is 0 Å². The molecule has 5 heteroatoms. The Morgan fingerprint density at radius 2 is 2.00 bits per heavy atom. The number of unbranched alkanes of at least 4 members (excludes halogenated alkanes) is 3. The van der Waals surface area contributed by atoms with E-state index < -0.39 is 12.1 Å². The standard InChI is InChI=1S/C11H23NO3S/c1-16-7-5-3-2-4-6-12-9-10(13)8-11(14)15/h10,12-13H,2-9H2,1H3,(H,14,15). The molecule has 16 heavy (non-hydrogen) atoms. The maximum Gasteiger partial charge on any atom is 0.306 e. The Labute approximate surface area is 102 Å². The van der Waals surface area contributed by atoms with Gasteiger partial charge in [0, 0.05) is 6.54 Å². The summed E-state index contributed by atoms with van der Waals surface area (Å²) in [7, 11) is 0. The predicted molar refractivity (Wildman–Crippen MR) is 68.0 cm³/mol. The van der Waals surface area contributed by atoms with Crippen molar-refractivity contribution in [3.05, 3.63) is 0 Å². The molecular formula is C11H23NO3S. The third-order valence-corrected chi connectivity index (χ3v) is 2.94. The van der Waals surface area contributed by atoms with Gasteiger partial charge in [0.15, 0.2) is 0 Å². The van der Waals surface area contributed by atoms with Crippen LogP contribution in [-0.2, 0) is 4.79 Å². The number of aliphatic carboxylic acids is 1. The van der Waals surface area contributed by atoms with Gasteiger partial charge in [-0.25, -0.2) is 0 Å². The van der Waals surface area contributed by atoms with E-state index in [-0.39, 0.29) is 6.42 Å². The average molecular weight is 249 g/mol. The lowest BCUT2D eigenvalue weighted by Crippen LogP contribution is -2.29. The van der Waals surface area contributed by atoms with Gasteiger partial charge < -0.3 is 15.5 Å². The van der Waals surface area contributed by atoms with E-state index in [1.54, 1.807) is 0 Å². The van der Waals surface area contributed by atoms with E-state index in [1.165, 1.54) is 25.0 Å². The number of hydrogen-bond acceptors (Lipinski definition) is 4. The van der Waals surface area contributed by atoms with Gasteiger partial charge in [0.2, 0.25) is 0 Å². The number of carbonyl (C=O) groups is 1. The molecule has 0 aliphatic carbocycles. The highest BCUT2D eigenvalue weighted by Crippen LogP contribution is 2.03. The Morgan fingerprint density at radius 3 is 2.62 bits per heavy atom. The van der Waals surface area contributed by atoms with Crippen molar-refractivity contribution in [2.24, 2.45) is 0 Å². The van der Waals surface area contributed by atoms with Gasteiger partial charge in [0.05, 0.1) is 12.5 Å². The number of thioether (sulfide) groups is 1. The number of aliphatic hydroxyl groups is 1. The van der Waals surface area contributed by atoms with Crippen molar-refractivity contribution in [1.82, 2.24) is 5.32 Å². The molecule has 0 saturated heterocycles. The molecule has 0 radical (unpaired) electrons. The molecule has 0 aromatic carbocycles. The minimum Gasteiger partial charge on any atom is -0.481 e. The first-order valence-electron chi connectivity index (χ1n) is 5.76. The highest BCUT2D eigenvalue weighted by molar-refractivity contribution is 7.98. The fraction of sp³-hybridized carbons (Fsp3) is 0.909. The Hall–Kier alpha value is -0.260. The van der Waals surface area contributed by atoms with Crippen LogP contribution < -0.4 is 5.32 Å². The molecule has 3 N–H and O–H groups in total. The first kappa shape index (κ1) is 15.7. The number of hydrogen-bond donors (Lipinski definition) is 3. The van der Waals surface area contributed by atoms with E-state index in [1.807, 2.05) is 11.8 Å². The van der Waals surface area contributed by atoms with E-state index in [2.05, 4.69) is 11.6 Å². The second-order valence-electron chi connectivity index (χ2n) is 3.86. The van der Waals surface area contributed by atoms with Crippen LogP contribution in [0.2, 0.25) is 0 Å². The molecule has 96 valence electrons. The Kier molecular flexibility index (Phi) is 11.0. The van der Waals surface area contributed by atoms with Crippen LogP contribution in [0.15, 0.2) is 0 Å². The van der Waals surface area contributed by atoms with E-state index in [0.29, 0.717) is 6.54 Å². The number of carboxylic acids is 1.